The Morgan fingerprint density at radius 3 is 2.75 bits per heavy atom. The average Bonchev–Trinajstić information content (AvgIpc) is 2.96. The fourth-order valence-corrected chi connectivity index (χ4v) is 3.27. The molecule has 6 nitrogen and oxygen atoms in total. The van der Waals surface area contributed by atoms with Crippen molar-refractivity contribution >= 4 is 23.5 Å². The molecule has 0 radical (unpaired) electrons. The van der Waals surface area contributed by atoms with Gasteiger partial charge < -0.3 is 14.7 Å². The number of halogens is 3. The molecule has 1 unspecified atom stereocenters. The van der Waals surface area contributed by atoms with E-state index in [0.717, 1.165) is 6.92 Å². The van der Waals surface area contributed by atoms with Crippen LogP contribution >= 0.6 is 11.6 Å². The molecule has 1 aromatic heterocycles. The second kappa shape index (κ2) is 7.35. The van der Waals surface area contributed by atoms with Crippen molar-refractivity contribution in [3.8, 4) is 5.75 Å². The minimum absolute atomic E-state index is 0.0999. The summed E-state index contributed by atoms with van der Waals surface area (Å²) in [5.41, 5.74) is 1.17. The van der Waals surface area contributed by atoms with Crippen molar-refractivity contribution in [3.05, 3.63) is 57.9 Å². The van der Waals surface area contributed by atoms with Crippen molar-refractivity contribution in [2.45, 2.75) is 32.4 Å². The summed E-state index contributed by atoms with van der Waals surface area (Å²) in [5.74, 6) is -4.38. The van der Waals surface area contributed by atoms with E-state index in [4.69, 9.17) is 16.3 Å². The Bertz CT molecular complexity index is 946. The zero-order valence-electron chi connectivity index (χ0n) is 15.1. The van der Waals surface area contributed by atoms with Crippen molar-refractivity contribution in [1.29, 1.82) is 0 Å². The Morgan fingerprint density at radius 1 is 1.43 bits per heavy atom. The van der Waals surface area contributed by atoms with Gasteiger partial charge in [-0.25, -0.2) is 18.6 Å². The van der Waals surface area contributed by atoms with Crippen LogP contribution in [0.3, 0.4) is 0 Å². The lowest BCUT2D eigenvalue weighted by molar-refractivity contribution is -0.0229. The van der Waals surface area contributed by atoms with E-state index >= 15 is 0 Å². The van der Waals surface area contributed by atoms with Crippen molar-refractivity contribution in [1.82, 2.24) is 9.88 Å². The first-order valence-corrected chi connectivity index (χ1v) is 8.78. The summed E-state index contributed by atoms with van der Waals surface area (Å²) in [6.45, 7) is 1.81. The van der Waals surface area contributed by atoms with Crippen molar-refractivity contribution in [2.75, 3.05) is 6.61 Å². The predicted molar refractivity (Wildman–Crippen MR) is 97.1 cm³/mol. The third-order valence-corrected chi connectivity index (χ3v) is 4.76. The predicted octanol–water partition coefficient (Wildman–Crippen LogP) is 4.18. The smallest absolute Gasteiger partial charge is 0.354 e. The number of carbonyl (C=O) groups is 2. The van der Waals surface area contributed by atoms with Gasteiger partial charge in [-0.1, -0.05) is 17.7 Å². The molecule has 1 aliphatic heterocycles. The second-order valence-electron chi connectivity index (χ2n) is 6.65. The van der Waals surface area contributed by atoms with Crippen LogP contribution in [0.4, 0.5) is 8.78 Å². The molecule has 1 amide bonds. The van der Waals surface area contributed by atoms with E-state index in [9.17, 15) is 23.5 Å². The number of ether oxygens (including phenoxy) is 1. The first kappa shape index (κ1) is 20.0. The van der Waals surface area contributed by atoms with Crippen molar-refractivity contribution < 1.29 is 28.2 Å². The molecule has 148 valence electrons. The van der Waals surface area contributed by atoms with Crippen LogP contribution in [0, 0.1) is 0 Å². The van der Waals surface area contributed by atoms with Gasteiger partial charge in [0.15, 0.2) is 12.3 Å². The third kappa shape index (κ3) is 3.91. The van der Waals surface area contributed by atoms with Gasteiger partial charge >= 0.3 is 5.97 Å². The summed E-state index contributed by atoms with van der Waals surface area (Å²) in [7, 11) is 0. The van der Waals surface area contributed by atoms with Gasteiger partial charge in [0.25, 0.3) is 11.8 Å². The van der Waals surface area contributed by atoms with Gasteiger partial charge in [0.1, 0.15) is 5.75 Å². The molecule has 0 saturated heterocycles. The summed E-state index contributed by atoms with van der Waals surface area (Å²) in [6, 6.07) is 5.71. The van der Waals surface area contributed by atoms with E-state index < -0.39 is 24.5 Å². The fraction of sp³-hybridized carbons (Fsp3) is 0.316. The van der Waals surface area contributed by atoms with E-state index in [0.29, 0.717) is 16.7 Å². The number of carbonyl (C=O) groups excluding carboxylic acids is 1. The molecule has 0 bridgehead atoms. The maximum absolute atomic E-state index is 13.0. The normalized spacial score (nSPS) is 14.8. The maximum Gasteiger partial charge on any atom is 0.354 e. The second-order valence-corrected chi connectivity index (χ2v) is 7.06. The highest BCUT2D eigenvalue weighted by atomic mass is 35.5. The van der Waals surface area contributed by atoms with Gasteiger partial charge in [-0.05, 0) is 30.7 Å². The number of aromatic nitrogens is 1. The van der Waals surface area contributed by atoms with Gasteiger partial charge in [0.05, 0.1) is 11.1 Å². The molecule has 1 atom stereocenters. The lowest BCUT2D eigenvalue weighted by Crippen LogP contribution is -2.27. The molecule has 1 N–H and O–H groups in total. The Balaban J connectivity index is 1.82. The Hall–Kier alpha value is -2.74. The molecule has 1 aliphatic rings. The number of nitrogens with zero attached hydrogens (tertiary/aromatic N) is 2. The summed E-state index contributed by atoms with van der Waals surface area (Å²) in [5, 5.41) is 9.42. The first-order valence-electron chi connectivity index (χ1n) is 8.40. The van der Waals surface area contributed by atoms with Gasteiger partial charge in [-0.3, -0.25) is 4.79 Å². The molecular formula is C19H17ClF2N2O4. The van der Waals surface area contributed by atoms with Gasteiger partial charge in [-0.15, -0.1) is 0 Å². The number of pyridine rings is 1. The molecule has 3 rings (SSSR count). The van der Waals surface area contributed by atoms with E-state index in [-0.39, 0.29) is 28.9 Å². The highest BCUT2D eigenvalue weighted by Gasteiger charge is 2.35. The zero-order valence-corrected chi connectivity index (χ0v) is 15.8. The number of rotatable bonds is 6. The van der Waals surface area contributed by atoms with Crippen LogP contribution in [-0.4, -0.2) is 39.4 Å². The van der Waals surface area contributed by atoms with E-state index in [1.54, 1.807) is 19.1 Å². The Morgan fingerprint density at radius 2 is 2.14 bits per heavy atom. The van der Waals surface area contributed by atoms with Crippen molar-refractivity contribution in [3.63, 3.8) is 0 Å². The van der Waals surface area contributed by atoms with Gasteiger partial charge in [-0.2, -0.15) is 0 Å². The SMILES string of the molecule is CC(c1ccc(OCC(C)(F)F)c(Cl)c1)N1Cc2c(ccnc2C(=O)O)C1=O. The quantitative estimate of drug-likeness (QED) is 0.772. The molecule has 28 heavy (non-hydrogen) atoms. The van der Waals surface area contributed by atoms with Crippen LogP contribution in [-0.2, 0) is 6.54 Å². The summed E-state index contributed by atoms with van der Waals surface area (Å²) < 4.78 is 30.9. The van der Waals surface area contributed by atoms with E-state index in [2.05, 4.69) is 4.98 Å². The molecular weight excluding hydrogens is 394 g/mol. The van der Waals surface area contributed by atoms with Gasteiger partial charge in [0.2, 0.25) is 0 Å². The largest absolute Gasteiger partial charge is 0.486 e. The lowest BCUT2D eigenvalue weighted by atomic mass is 10.1. The minimum Gasteiger partial charge on any atom is -0.486 e. The molecule has 2 heterocycles. The number of carboxylic acids is 1. The highest BCUT2D eigenvalue weighted by Crippen LogP contribution is 2.35. The summed E-state index contributed by atoms with van der Waals surface area (Å²) >= 11 is 6.14. The van der Waals surface area contributed by atoms with E-state index in [1.807, 2.05) is 0 Å². The third-order valence-electron chi connectivity index (χ3n) is 4.47. The van der Waals surface area contributed by atoms with Gasteiger partial charge in [0, 0.05) is 30.8 Å². The molecule has 0 fully saturated rings. The number of benzene rings is 1. The molecule has 0 saturated carbocycles. The lowest BCUT2D eigenvalue weighted by Gasteiger charge is -2.25. The topological polar surface area (TPSA) is 79.7 Å². The Kier molecular flexibility index (Phi) is 5.25. The number of hydrogen-bond acceptors (Lipinski definition) is 4. The molecule has 0 spiro atoms. The molecule has 2 aromatic rings. The van der Waals surface area contributed by atoms with Crippen LogP contribution < -0.4 is 4.74 Å². The monoisotopic (exact) mass is 410 g/mol. The maximum atomic E-state index is 13.0. The Labute approximate surface area is 164 Å². The number of hydrogen-bond donors (Lipinski definition) is 1. The number of alkyl halides is 2. The average molecular weight is 411 g/mol. The number of aromatic carboxylic acids is 1. The molecule has 0 aliphatic carbocycles. The van der Waals surface area contributed by atoms with Crippen LogP contribution in [0.2, 0.25) is 5.02 Å². The van der Waals surface area contributed by atoms with Crippen LogP contribution in [0.25, 0.3) is 0 Å². The number of fused-ring (bicyclic) bond motifs is 1. The molecule has 1 aromatic carbocycles. The van der Waals surface area contributed by atoms with Crippen molar-refractivity contribution in [2.24, 2.45) is 0 Å². The number of carboxylic acid groups (broad SMARTS) is 1. The summed E-state index contributed by atoms with van der Waals surface area (Å²) in [6.07, 6.45) is 1.29. The number of amides is 1. The van der Waals surface area contributed by atoms with Crippen LogP contribution in [0.15, 0.2) is 30.5 Å². The minimum atomic E-state index is -2.99. The molecule has 9 heteroatoms. The zero-order chi connectivity index (χ0) is 20.6. The van der Waals surface area contributed by atoms with E-state index in [1.165, 1.54) is 23.2 Å². The summed E-state index contributed by atoms with van der Waals surface area (Å²) in [4.78, 5) is 29.4. The first-order chi connectivity index (χ1) is 13.1. The standard InChI is InChI=1S/C19H17ClF2N2O4/c1-10(11-3-4-15(14(20)7-11)28-9-19(2,21)22)24-8-13-12(17(24)25)5-6-23-16(13)18(26)27/h3-7,10H,8-9H2,1-2H3,(H,26,27). The van der Waals surface area contributed by atoms with Crippen LogP contribution in [0.5, 0.6) is 5.75 Å². The highest BCUT2D eigenvalue weighted by molar-refractivity contribution is 6.32. The fourth-order valence-electron chi connectivity index (χ4n) is 3.03. The van der Waals surface area contributed by atoms with Crippen LogP contribution in [0.1, 0.15) is 51.9 Å².